The van der Waals surface area contributed by atoms with Crippen LogP contribution in [0, 0.1) is 0 Å². The maximum Gasteiger partial charge on any atom is 0.265 e. The lowest BCUT2D eigenvalue weighted by Crippen LogP contribution is -2.33. The molecule has 24 heavy (non-hydrogen) atoms. The lowest BCUT2D eigenvalue weighted by Gasteiger charge is -2.26. The SMILES string of the molecule is O=c1c2c(nc3sccn13)OC(c1ccccc1)(c1ccco1)C2. The van der Waals surface area contributed by atoms with Crippen LogP contribution in [0.2, 0.25) is 0 Å². The van der Waals surface area contributed by atoms with Crippen LogP contribution >= 0.6 is 11.3 Å². The van der Waals surface area contributed by atoms with E-state index in [0.29, 0.717) is 28.6 Å². The second-order valence-electron chi connectivity index (χ2n) is 5.71. The molecule has 0 saturated carbocycles. The molecule has 3 aromatic heterocycles. The molecule has 0 fully saturated rings. The number of ether oxygens (including phenoxy) is 1. The summed E-state index contributed by atoms with van der Waals surface area (Å²) in [5.74, 6) is 1.06. The highest BCUT2D eigenvalue weighted by Crippen LogP contribution is 2.44. The number of fused-ring (bicyclic) bond motifs is 2. The van der Waals surface area contributed by atoms with Gasteiger partial charge in [-0.3, -0.25) is 9.20 Å². The Morgan fingerprint density at radius 2 is 2.04 bits per heavy atom. The Hall–Kier alpha value is -2.86. The normalized spacial score (nSPS) is 19.3. The predicted octanol–water partition coefficient (Wildman–Crippen LogP) is 3.23. The van der Waals surface area contributed by atoms with Crippen LogP contribution in [-0.2, 0) is 12.0 Å². The summed E-state index contributed by atoms with van der Waals surface area (Å²) < 4.78 is 13.5. The third-order valence-electron chi connectivity index (χ3n) is 4.38. The zero-order valence-corrected chi connectivity index (χ0v) is 13.3. The Labute approximate surface area is 140 Å². The lowest BCUT2D eigenvalue weighted by molar-refractivity contribution is 0.107. The number of rotatable bonds is 2. The van der Waals surface area contributed by atoms with Crippen LogP contribution in [0.3, 0.4) is 0 Å². The molecule has 5 nitrogen and oxygen atoms in total. The summed E-state index contributed by atoms with van der Waals surface area (Å²) in [6.45, 7) is 0. The maximum atomic E-state index is 12.8. The van der Waals surface area contributed by atoms with Crippen molar-refractivity contribution in [3.05, 3.63) is 87.5 Å². The van der Waals surface area contributed by atoms with E-state index >= 15 is 0 Å². The molecule has 5 rings (SSSR count). The fourth-order valence-electron chi connectivity index (χ4n) is 3.24. The van der Waals surface area contributed by atoms with Crippen molar-refractivity contribution in [2.45, 2.75) is 12.0 Å². The van der Waals surface area contributed by atoms with Crippen molar-refractivity contribution in [2.24, 2.45) is 0 Å². The van der Waals surface area contributed by atoms with E-state index < -0.39 is 5.60 Å². The van der Waals surface area contributed by atoms with Gasteiger partial charge >= 0.3 is 0 Å². The molecule has 0 spiro atoms. The average Bonchev–Trinajstić information content (AvgIpc) is 3.35. The van der Waals surface area contributed by atoms with Crippen molar-refractivity contribution in [3.8, 4) is 5.88 Å². The molecule has 0 amide bonds. The third kappa shape index (κ3) is 1.74. The molecule has 1 unspecified atom stereocenters. The quantitative estimate of drug-likeness (QED) is 0.564. The van der Waals surface area contributed by atoms with Crippen molar-refractivity contribution in [1.82, 2.24) is 9.38 Å². The summed E-state index contributed by atoms with van der Waals surface area (Å²) in [4.78, 5) is 17.9. The van der Waals surface area contributed by atoms with Gasteiger partial charge in [0, 0.05) is 23.6 Å². The zero-order valence-electron chi connectivity index (χ0n) is 12.5. The Kier molecular flexibility index (Phi) is 2.72. The monoisotopic (exact) mass is 336 g/mol. The van der Waals surface area contributed by atoms with Crippen molar-refractivity contribution < 1.29 is 9.15 Å². The fourth-order valence-corrected chi connectivity index (χ4v) is 3.94. The Morgan fingerprint density at radius 3 is 2.83 bits per heavy atom. The van der Waals surface area contributed by atoms with E-state index in [4.69, 9.17) is 9.15 Å². The number of aromatic nitrogens is 2. The van der Waals surface area contributed by atoms with E-state index in [9.17, 15) is 4.79 Å². The van der Waals surface area contributed by atoms with Crippen LogP contribution < -0.4 is 10.3 Å². The summed E-state index contributed by atoms with van der Waals surface area (Å²) in [7, 11) is 0. The fraction of sp³-hybridized carbons (Fsp3) is 0.111. The standard InChI is InChI=1S/C18H12N2O3S/c21-16-13-11-18(14-7-4-9-22-14,12-5-2-1-3-6-12)23-15(13)19-17-20(16)8-10-24-17/h1-10H,11H2. The summed E-state index contributed by atoms with van der Waals surface area (Å²) in [6, 6.07) is 13.5. The van der Waals surface area contributed by atoms with Gasteiger partial charge in [0.05, 0.1) is 11.8 Å². The molecule has 1 aliphatic heterocycles. The van der Waals surface area contributed by atoms with E-state index in [1.165, 1.54) is 11.3 Å². The Balaban J connectivity index is 1.76. The maximum absolute atomic E-state index is 12.8. The van der Waals surface area contributed by atoms with E-state index in [1.54, 1.807) is 16.9 Å². The van der Waals surface area contributed by atoms with Gasteiger partial charge in [0.15, 0.2) is 16.3 Å². The minimum Gasteiger partial charge on any atom is -0.465 e. The number of nitrogens with zero attached hydrogens (tertiary/aromatic N) is 2. The molecule has 4 aromatic rings. The summed E-state index contributed by atoms with van der Waals surface area (Å²) >= 11 is 1.41. The van der Waals surface area contributed by atoms with Crippen LogP contribution in [0.4, 0.5) is 0 Å². The van der Waals surface area contributed by atoms with Gasteiger partial charge in [-0.2, -0.15) is 4.98 Å². The highest BCUT2D eigenvalue weighted by atomic mass is 32.1. The van der Waals surface area contributed by atoms with E-state index in [0.717, 1.165) is 5.56 Å². The average molecular weight is 336 g/mol. The number of thiazole rings is 1. The van der Waals surface area contributed by atoms with Gasteiger partial charge in [-0.25, -0.2) is 0 Å². The molecule has 6 heteroatoms. The van der Waals surface area contributed by atoms with Crippen LogP contribution in [0.1, 0.15) is 16.9 Å². The topological polar surface area (TPSA) is 56.7 Å². The molecule has 0 aliphatic carbocycles. The van der Waals surface area contributed by atoms with Gasteiger partial charge in [-0.15, -0.1) is 11.3 Å². The molecular formula is C18H12N2O3S. The molecule has 1 atom stereocenters. The Morgan fingerprint density at radius 1 is 1.17 bits per heavy atom. The van der Waals surface area contributed by atoms with Crippen LogP contribution in [-0.4, -0.2) is 9.38 Å². The lowest BCUT2D eigenvalue weighted by atomic mass is 9.87. The van der Waals surface area contributed by atoms with E-state index in [-0.39, 0.29) is 5.56 Å². The molecule has 118 valence electrons. The minimum atomic E-state index is -0.858. The minimum absolute atomic E-state index is 0.0828. The van der Waals surface area contributed by atoms with Gasteiger partial charge < -0.3 is 9.15 Å². The molecule has 0 N–H and O–H groups in total. The number of benzene rings is 1. The largest absolute Gasteiger partial charge is 0.465 e. The van der Waals surface area contributed by atoms with Crippen LogP contribution in [0.15, 0.2) is 69.5 Å². The Bertz CT molecular complexity index is 1080. The summed E-state index contributed by atoms with van der Waals surface area (Å²) in [5.41, 5.74) is 0.570. The first-order valence-electron chi connectivity index (χ1n) is 7.55. The van der Waals surface area contributed by atoms with Crippen molar-refractivity contribution in [3.63, 3.8) is 0 Å². The smallest absolute Gasteiger partial charge is 0.265 e. The second-order valence-corrected chi connectivity index (χ2v) is 6.58. The predicted molar refractivity (Wildman–Crippen MR) is 89.6 cm³/mol. The highest BCUT2D eigenvalue weighted by Gasteiger charge is 2.47. The third-order valence-corrected chi connectivity index (χ3v) is 5.13. The van der Waals surface area contributed by atoms with Crippen LogP contribution in [0.25, 0.3) is 4.96 Å². The summed E-state index contributed by atoms with van der Waals surface area (Å²) in [5, 5.41) is 1.84. The van der Waals surface area contributed by atoms with Crippen molar-refractivity contribution >= 4 is 16.3 Å². The first-order valence-corrected chi connectivity index (χ1v) is 8.43. The van der Waals surface area contributed by atoms with Gasteiger partial charge in [0.1, 0.15) is 0 Å². The first kappa shape index (κ1) is 13.6. The molecular weight excluding hydrogens is 324 g/mol. The second kappa shape index (κ2) is 4.82. The molecule has 4 heterocycles. The van der Waals surface area contributed by atoms with E-state index in [2.05, 4.69) is 4.98 Å². The van der Waals surface area contributed by atoms with Gasteiger partial charge in [-0.1, -0.05) is 30.3 Å². The van der Waals surface area contributed by atoms with E-state index in [1.807, 2.05) is 47.8 Å². The highest BCUT2D eigenvalue weighted by molar-refractivity contribution is 7.15. The molecule has 0 bridgehead atoms. The molecule has 1 aromatic carbocycles. The number of furan rings is 1. The molecule has 0 radical (unpaired) electrons. The molecule has 1 aliphatic rings. The van der Waals surface area contributed by atoms with Gasteiger partial charge in [0.25, 0.3) is 5.56 Å². The van der Waals surface area contributed by atoms with Gasteiger partial charge in [0.2, 0.25) is 5.88 Å². The number of hydrogen-bond donors (Lipinski definition) is 0. The summed E-state index contributed by atoms with van der Waals surface area (Å²) in [6.07, 6.45) is 3.75. The van der Waals surface area contributed by atoms with Crippen LogP contribution in [0.5, 0.6) is 5.88 Å². The van der Waals surface area contributed by atoms with Gasteiger partial charge in [-0.05, 0) is 12.1 Å². The molecule has 0 saturated heterocycles. The van der Waals surface area contributed by atoms with Crippen molar-refractivity contribution in [1.29, 1.82) is 0 Å². The zero-order chi connectivity index (χ0) is 16.1. The number of hydrogen-bond acceptors (Lipinski definition) is 5. The first-order chi connectivity index (χ1) is 11.8. The van der Waals surface area contributed by atoms with Crippen molar-refractivity contribution in [2.75, 3.05) is 0 Å².